The van der Waals surface area contributed by atoms with E-state index in [1.54, 1.807) is 0 Å². The van der Waals surface area contributed by atoms with Crippen LogP contribution in [0.3, 0.4) is 0 Å². The monoisotopic (exact) mass is 256 g/mol. The molecule has 1 fully saturated rings. The molecule has 0 amide bonds. The van der Waals surface area contributed by atoms with Crippen molar-refractivity contribution in [3.63, 3.8) is 0 Å². The summed E-state index contributed by atoms with van der Waals surface area (Å²) in [6, 6.07) is 0.705. The molecule has 1 aromatic rings. The van der Waals surface area contributed by atoms with E-state index in [4.69, 9.17) is 0 Å². The number of hydrogen-bond donors (Lipinski definition) is 1. The van der Waals surface area contributed by atoms with Crippen molar-refractivity contribution in [1.29, 1.82) is 0 Å². The van der Waals surface area contributed by atoms with Gasteiger partial charge in [-0.3, -0.25) is 0 Å². The number of rotatable bonds is 4. The lowest BCUT2D eigenvalue weighted by Crippen LogP contribution is -2.33. The minimum Gasteiger partial charge on any atom is -0.308 e. The molecule has 2 unspecified atom stereocenters. The first-order valence-electron chi connectivity index (χ1n) is 5.90. The Balaban J connectivity index is 1.89. The van der Waals surface area contributed by atoms with Gasteiger partial charge in [0.1, 0.15) is 0 Å². The van der Waals surface area contributed by atoms with Crippen molar-refractivity contribution in [2.24, 2.45) is 0 Å². The molecule has 0 saturated heterocycles. The molecule has 1 aromatic heterocycles. The van der Waals surface area contributed by atoms with E-state index in [9.17, 15) is 0 Å². The number of thiazole rings is 1. The lowest BCUT2D eigenvalue weighted by Gasteiger charge is -2.18. The third-order valence-electron chi connectivity index (χ3n) is 3.28. The van der Waals surface area contributed by atoms with E-state index in [1.807, 2.05) is 23.1 Å². The Labute approximate surface area is 106 Å². The highest BCUT2D eigenvalue weighted by atomic mass is 32.2. The van der Waals surface area contributed by atoms with Crippen molar-refractivity contribution in [3.8, 4) is 0 Å². The molecule has 2 atom stereocenters. The van der Waals surface area contributed by atoms with Gasteiger partial charge in [0.2, 0.25) is 0 Å². The summed E-state index contributed by atoms with van der Waals surface area (Å²) in [4.78, 5) is 5.88. The van der Waals surface area contributed by atoms with Crippen LogP contribution in [0.4, 0.5) is 0 Å². The molecule has 4 heteroatoms. The molecule has 0 aliphatic heterocycles. The van der Waals surface area contributed by atoms with E-state index in [1.165, 1.54) is 34.8 Å². The van der Waals surface area contributed by atoms with Gasteiger partial charge in [-0.25, -0.2) is 4.98 Å². The first-order chi connectivity index (χ1) is 7.70. The van der Waals surface area contributed by atoms with Crippen molar-refractivity contribution >= 4 is 23.1 Å². The van der Waals surface area contributed by atoms with Gasteiger partial charge >= 0.3 is 0 Å². The van der Waals surface area contributed by atoms with Gasteiger partial charge in [-0.15, -0.1) is 11.3 Å². The molecule has 0 aromatic carbocycles. The summed E-state index contributed by atoms with van der Waals surface area (Å²) in [5.74, 6) is 0. The normalized spacial score (nSPS) is 25.2. The Morgan fingerprint density at radius 1 is 1.44 bits per heavy atom. The van der Waals surface area contributed by atoms with Gasteiger partial charge in [0.15, 0.2) is 0 Å². The zero-order chi connectivity index (χ0) is 11.5. The van der Waals surface area contributed by atoms with E-state index in [0.29, 0.717) is 6.04 Å². The molecule has 2 rings (SSSR count). The maximum absolute atomic E-state index is 4.47. The van der Waals surface area contributed by atoms with Crippen LogP contribution in [0.2, 0.25) is 0 Å². The Morgan fingerprint density at radius 2 is 2.25 bits per heavy atom. The third-order valence-corrected chi connectivity index (χ3v) is 5.52. The van der Waals surface area contributed by atoms with Gasteiger partial charge in [0, 0.05) is 22.7 Å². The van der Waals surface area contributed by atoms with Gasteiger partial charge < -0.3 is 5.32 Å². The Bertz CT molecular complexity index is 349. The average molecular weight is 256 g/mol. The fraction of sp³-hybridized carbons (Fsp3) is 0.750. The number of nitrogens with one attached hydrogen (secondary N) is 1. The Hall–Kier alpha value is -0.0600. The molecular formula is C12H20N2S2. The second-order valence-corrected chi connectivity index (χ2v) is 6.80. The van der Waals surface area contributed by atoms with Crippen LogP contribution in [-0.2, 0) is 6.54 Å². The molecule has 0 radical (unpaired) electrons. The molecule has 90 valence electrons. The van der Waals surface area contributed by atoms with E-state index < -0.39 is 0 Å². The number of aromatic nitrogens is 1. The summed E-state index contributed by atoms with van der Waals surface area (Å²) in [5.41, 5.74) is 1.20. The van der Waals surface area contributed by atoms with Crippen LogP contribution in [0.1, 0.15) is 34.8 Å². The molecular weight excluding hydrogens is 236 g/mol. The summed E-state index contributed by atoms with van der Waals surface area (Å²) >= 11 is 3.84. The highest BCUT2D eigenvalue weighted by Crippen LogP contribution is 2.29. The van der Waals surface area contributed by atoms with Crippen molar-refractivity contribution in [1.82, 2.24) is 10.3 Å². The second-order valence-electron chi connectivity index (χ2n) is 4.43. The Kier molecular flexibility index (Phi) is 4.27. The van der Waals surface area contributed by atoms with E-state index >= 15 is 0 Å². The summed E-state index contributed by atoms with van der Waals surface area (Å²) < 4.78 is 0. The lowest BCUT2D eigenvalue weighted by atomic mass is 10.2. The number of nitrogens with zero attached hydrogens (tertiary/aromatic N) is 1. The van der Waals surface area contributed by atoms with Crippen LogP contribution in [0.25, 0.3) is 0 Å². The zero-order valence-corrected chi connectivity index (χ0v) is 11.9. The van der Waals surface area contributed by atoms with Crippen molar-refractivity contribution in [3.05, 3.63) is 15.6 Å². The molecule has 1 aliphatic rings. The van der Waals surface area contributed by atoms with Gasteiger partial charge in [0.05, 0.1) is 10.7 Å². The first-order valence-corrected chi connectivity index (χ1v) is 8.00. The van der Waals surface area contributed by atoms with Crippen LogP contribution < -0.4 is 5.32 Å². The topological polar surface area (TPSA) is 24.9 Å². The number of thioether (sulfide) groups is 1. The van der Waals surface area contributed by atoms with Crippen molar-refractivity contribution in [2.75, 3.05) is 6.26 Å². The minimum atomic E-state index is 0.705. The maximum atomic E-state index is 4.47. The molecule has 1 aliphatic carbocycles. The van der Waals surface area contributed by atoms with E-state index in [0.717, 1.165) is 11.8 Å². The van der Waals surface area contributed by atoms with E-state index in [2.05, 4.69) is 30.4 Å². The molecule has 2 nitrogen and oxygen atoms in total. The van der Waals surface area contributed by atoms with Crippen LogP contribution in [0.15, 0.2) is 0 Å². The standard InChI is InChI=1S/C12H20N2S2/c1-8-12(16-9(2)14-8)7-13-10-5-4-6-11(10)15-3/h10-11,13H,4-7H2,1-3H3. The largest absolute Gasteiger partial charge is 0.308 e. The lowest BCUT2D eigenvalue weighted by molar-refractivity contribution is 0.534. The summed E-state index contributed by atoms with van der Waals surface area (Å²) in [7, 11) is 0. The van der Waals surface area contributed by atoms with E-state index in [-0.39, 0.29) is 0 Å². The van der Waals surface area contributed by atoms with Gasteiger partial charge in [-0.2, -0.15) is 11.8 Å². The fourth-order valence-electron chi connectivity index (χ4n) is 2.40. The molecule has 0 bridgehead atoms. The van der Waals surface area contributed by atoms with Gasteiger partial charge in [0.25, 0.3) is 0 Å². The molecule has 1 saturated carbocycles. The summed E-state index contributed by atoms with van der Waals surface area (Å²) in [6.45, 7) is 5.20. The van der Waals surface area contributed by atoms with Crippen LogP contribution >= 0.6 is 23.1 Å². The molecule has 1 N–H and O–H groups in total. The predicted molar refractivity (Wildman–Crippen MR) is 73.4 cm³/mol. The first kappa shape index (κ1) is 12.4. The smallest absolute Gasteiger partial charge is 0.0900 e. The Morgan fingerprint density at radius 3 is 2.88 bits per heavy atom. The van der Waals surface area contributed by atoms with Crippen molar-refractivity contribution in [2.45, 2.75) is 50.9 Å². The minimum absolute atomic E-state index is 0.705. The maximum Gasteiger partial charge on any atom is 0.0900 e. The second kappa shape index (κ2) is 5.52. The average Bonchev–Trinajstić information content (AvgIpc) is 2.81. The number of hydrogen-bond acceptors (Lipinski definition) is 4. The van der Waals surface area contributed by atoms with Crippen LogP contribution in [-0.4, -0.2) is 22.5 Å². The summed E-state index contributed by atoms with van der Waals surface area (Å²) in [6.07, 6.45) is 6.32. The molecule has 1 heterocycles. The van der Waals surface area contributed by atoms with Crippen molar-refractivity contribution < 1.29 is 0 Å². The number of aryl methyl sites for hydroxylation is 2. The third kappa shape index (κ3) is 2.79. The van der Waals surface area contributed by atoms with Crippen LogP contribution in [0.5, 0.6) is 0 Å². The predicted octanol–water partition coefficient (Wildman–Crippen LogP) is 3.13. The SMILES string of the molecule is CSC1CCCC1NCc1sc(C)nc1C. The zero-order valence-electron chi connectivity index (χ0n) is 10.2. The quantitative estimate of drug-likeness (QED) is 0.896. The molecule has 0 spiro atoms. The highest BCUT2D eigenvalue weighted by Gasteiger charge is 2.25. The molecule has 16 heavy (non-hydrogen) atoms. The van der Waals surface area contributed by atoms with Crippen LogP contribution in [0, 0.1) is 13.8 Å². The highest BCUT2D eigenvalue weighted by molar-refractivity contribution is 7.99. The van der Waals surface area contributed by atoms with Gasteiger partial charge in [-0.05, 0) is 32.9 Å². The summed E-state index contributed by atoms with van der Waals surface area (Å²) in [5, 5.41) is 5.70. The fourth-order valence-corrected chi connectivity index (χ4v) is 4.25. The van der Waals surface area contributed by atoms with Gasteiger partial charge in [-0.1, -0.05) is 6.42 Å².